The number of hydrogen-bond donors (Lipinski definition) is 0. The topological polar surface area (TPSA) is 23.8 Å². The molecule has 0 spiro atoms. The molecule has 0 aromatic rings. The summed E-state index contributed by atoms with van der Waals surface area (Å²) < 4.78 is 0. The second-order valence-electron chi connectivity index (χ2n) is 1.92. The zero-order valence-corrected chi connectivity index (χ0v) is 5.65. The summed E-state index contributed by atoms with van der Waals surface area (Å²) in [6, 6.07) is 2.18. The van der Waals surface area contributed by atoms with Crippen LogP contribution >= 0.6 is 0 Å². The molecule has 0 aromatic heterocycles. The van der Waals surface area contributed by atoms with Gasteiger partial charge >= 0.3 is 0 Å². The van der Waals surface area contributed by atoms with E-state index in [2.05, 4.69) is 6.07 Å². The van der Waals surface area contributed by atoms with Gasteiger partial charge in [-0.1, -0.05) is 12.8 Å². The molecule has 0 aromatic carbocycles. The van der Waals surface area contributed by atoms with Gasteiger partial charge in [0.05, 0.1) is 0 Å². The molecule has 0 amide bonds. The van der Waals surface area contributed by atoms with Gasteiger partial charge in [0.1, 0.15) is 0 Å². The third kappa shape index (κ3) is 1.77. The summed E-state index contributed by atoms with van der Waals surface area (Å²) in [6.45, 7) is 0. The Morgan fingerprint density at radius 1 is 1.25 bits per heavy atom. The van der Waals surface area contributed by atoms with Crippen molar-refractivity contribution >= 4 is 0 Å². The third-order valence-corrected chi connectivity index (χ3v) is 1.37. The van der Waals surface area contributed by atoms with E-state index in [1.165, 1.54) is 12.8 Å². The van der Waals surface area contributed by atoms with E-state index < -0.39 is 0 Å². The molecule has 1 radical (unpaired) electrons. The number of rotatable bonds is 0. The molecule has 0 atom stereocenters. The fraction of sp³-hybridized carbons (Fsp3) is 0.667. The molecule has 0 unspecified atom stereocenters. The van der Waals surface area contributed by atoms with E-state index >= 15 is 0 Å². The van der Waals surface area contributed by atoms with E-state index in [0.717, 1.165) is 18.8 Å². The van der Waals surface area contributed by atoms with Gasteiger partial charge in [-0.25, -0.2) is 5.26 Å². The minimum atomic E-state index is 0. The molecular weight excluding hydrogens is 145 g/mol. The van der Waals surface area contributed by atoms with Crippen LogP contribution in [-0.4, -0.2) is 0 Å². The Labute approximate surface area is 60.3 Å². The standard InChI is InChI=1S/C6H8N.Co/c7-5-6-3-1-2-4-6;/h1-4H2;/q-1;. The smallest absolute Gasteiger partial charge is 0 e. The predicted molar refractivity (Wildman–Crippen MR) is 27.3 cm³/mol. The van der Waals surface area contributed by atoms with Crippen LogP contribution < -0.4 is 0 Å². The van der Waals surface area contributed by atoms with Crippen LogP contribution in [0.15, 0.2) is 0 Å². The molecular formula is C6H8CoN-. The van der Waals surface area contributed by atoms with Crippen LogP contribution in [0.25, 0.3) is 0 Å². The zero-order valence-electron chi connectivity index (χ0n) is 4.61. The van der Waals surface area contributed by atoms with Gasteiger partial charge in [-0.15, -0.1) is 6.07 Å². The van der Waals surface area contributed by atoms with Crippen LogP contribution in [0.3, 0.4) is 0 Å². The SMILES string of the molecule is N#C[C-]1CCCC1.[Co]. The van der Waals surface area contributed by atoms with Gasteiger partial charge < -0.3 is 0 Å². The Hall–Kier alpha value is -0.134. The van der Waals surface area contributed by atoms with Crippen molar-refractivity contribution in [2.75, 3.05) is 0 Å². The predicted octanol–water partition coefficient (Wildman–Crippen LogP) is 1.66. The van der Waals surface area contributed by atoms with Crippen LogP contribution in [0.4, 0.5) is 0 Å². The van der Waals surface area contributed by atoms with Crippen molar-refractivity contribution in [1.29, 1.82) is 5.26 Å². The summed E-state index contributed by atoms with van der Waals surface area (Å²) in [6.07, 6.45) is 4.61. The van der Waals surface area contributed by atoms with Crippen LogP contribution in [0.1, 0.15) is 25.7 Å². The first-order chi connectivity index (χ1) is 3.43. The molecule has 1 saturated carbocycles. The van der Waals surface area contributed by atoms with Crippen molar-refractivity contribution in [2.24, 2.45) is 0 Å². The molecule has 0 heterocycles. The third-order valence-electron chi connectivity index (χ3n) is 1.37. The van der Waals surface area contributed by atoms with Crippen LogP contribution in [0.2, 0.25) is 0 Å². The maximum Gasteiger partial charge on any atom is 0 e. The van der Waals surface area contributed by atoms with Gasteiger partial charge in [-0.05, 0) is 0 Å². The molecule has 1 fully saturated rings. The summed E-state index contributed by atoms with van der Waals surface area (Å²) in [7, 11) is 0. The fourth-order valence-electron chi connectivity index (χ4n) is 0.914. The van der Waals surface area contributed by atoms with Crippen LogP contribution in [-0.2, 0) is 16.8 Å². The quantitative estimate of drug-likeness (QED) is 0.485. The normalized spacial score (nSPS) is 17.1. The molecule has 0 N–H and O–H groups in total. The molecule has 1 nitrogen and oxygen atoms in total. The Bertz CT molecular complexity index is 89.2. The number of nitrogens with zero attached hydrogens (tertiary/aromatic N) is 1. The summed E-state index contributed by atoms with van der Waals surface area (Å²) in [5.74, 6) is 1.10. The molecule has 8 heavy (non-hydrogen) atoms. The monoisotopic (exact) mass is 153 g/mol. The Morgan fingerprint density at radius 3 is 2.00 bits per heavy atom. The Balaban J connectivity index is 0.000000490. The summed E-state index contributed by atoms with van der Waals surface area (Å²) in [5.41, 5.74) is 0. The van der Waals surface area contributed by atoms with Crippen molar-refractivity contribution in [1.82, 2.24) is 0 Å². The molecule has 0 bridgehead atoms. The van der Waals surface area contributed by atoms with E-state index in [4.69, 9.17) is 5.26 Å². The van der Waals surface area contributed by atoms with Crippen LogP contribution in [0.5, 0.6) is 0 Å². The van der Waals surface area contributed by atoms with Gasteiger partial charge in [-0.2, -0.15) is 12.8 Å². The summed E-state index contributed by atoms with van der Waals surface area (Å²) in [5, 5.41) is 8.28. The molecule has 0 saturated heterocycles. The van der Waals surface area contributed by atoms with Crippen molar-refractivity contribution in [3.05, 3.63) is 5.92 Å². The van der Waals surface area contributed by atoms with Gasteiger partial charge in [0.15, 0.2) is 0 Å². The second kappa shape index (κ2) is 3.82. The van der Waals surface area contributed by atoms with E-state index in [-0.39, 0.29) is 16.8 Å². The molecule has 1 aliphatic carbocycles. The largest absolute Gasteiger partial charge is 0.276 e. The van der Waals surface area contributed by atoms with Crippen molar-refractivity contribution in [3.63, 3.8) is 0 Å². The minimum absolute atomic E-state index is 0. The fourth-order valence-corrected chi connectivity index (χ4v) is 0.914. The molecule has 0 aliphatic heterocycles. The van der Waals surface area contributed by atoms with Crippen molar-refractivity contribution < 1.29 is 16.8 Å². The average Bonchev–Trinajstić information content (AvgIpc) is 2.14. The molecule has 1 rings (SSSR count). The average molecular weight is 153 g/mol. The minimum Gasteiger partial charge on any atom is -0.276 e. The first-order valence-corrected chi connectivity index (χ1v) is 2.68. The number of hydrogen-bond acceptors (Lipinski definition) is 1. The van der Waals surface area contributed by atoms with E-state index in [0.29, 0.717) is 0 Å². The summed E-state index contributed by atoms with van der Waals surface area (Å²) in [4.78, 5) is 0. The maximum absolute atomic E-state index is 8.28. The summed E-state index contributed by atoms with van der Waals surface area (Å²) >= 11 is 0. The van der Waals surface area contributed by atoms with E-state index in [1.54, 1.807) is 0 Å². The van der Waals surface area contributed by atoms with Crippen molar-refractivity contribution in [3.8, 4) is 6.07 Å². The molecule has 47 valence electrons. The van der Waals surface area contributed by atoms with Gasteiger partial charge in [0.2, 0.25) is 0 Å². The van der Waals surface area contributed by atoms with E-state index in [1.807, 2.05) is 0 Å². The van der Waals surface area contributed by atoms with Crippen LogP contribution in [0, 0.1) is 17.2 Å². The van der Waals surface area contributed by atoms with Crippen molar-refractivity contribution in [2.45, 2.75) is 25.7 Å². The maximum atomic E-state index is 8.28. The van der Waals surface area contributed by atoms with Gasteiger partial charge in [-0.3, -0.25) is 5.92 Å². The zero-order chi connectivity index (χ0) is 5.11. The molecule has 2 heteroatoms. The van der Waals surface area contributed by atoms with Gasteiger partial charge in [0.25, 0.3) is 0 Å². The Kier molecular flexibility index (Phi) is 3.76. The first kappa shape index (κ1) is 7.87. The first-order valence-electron chi connectivity index (χ1n) is 2.68. The molecule has 1 aliphatic rings. The Morgan fingerprint density at radius 2 is 1.75 bits per heavy atom. The van der Waals surface area contributed by atoms with E-state index in [9.17, 15) is 0 Å². The number of nitriles is 1. The second-order valence-corrected chi connectivity index (χ2v) is 1.92. The van der Waals surface area contributed by atoms with Gasteiger partial charge in [0, 0.05) is 16.8 Å².